The summed E-state index contributed by atoms with van der Waals surface area (Å²) in [6.07, 6.45) is 0. The molecule has 6 heteroatoms. The van der Waals surface area contributed by atoms with E-state index in [1.54, 1.807) is 35.7 Å². The summed E-state index contributed by atoms with van der Waals surface area (Å²) in [6, 6.07) is 9.96. The molecule has 2 N–H and O–H groups in total. The van der Waals surface area contributed by atoms with Crippen LogP contribution in [0.3, 0.4) is 0 Å². The molecule has 0 spiro atoms. The number of anilines is 1. The van der Waals surface area contributed by atoms with Gasteiger partial charge in [0.2, 0.25) is 5.91 Å². The van der Waals surface area contributed by atoms with Crippen molar-refractivity contribution in [3.63, 3.8) is 0 Å². The molecule has 1 heterocycles. The van der Waals surface area contributed by atoms with Crippen LogP contribution < -0.4 is 10.6 Å². The van der Waals surface area contributed by atoms with Gasteiger partial charge in [-0.05, 0) is 35.7 Å². The summed E-state index contributed by atoms with van der Waals surface area (Å²) in [5.41, 5.74) is 1.61. The Morgan fingerprint density at radius 1 is 1.20 bits per heavy atom. The zero-order valence-corrected chi connectivity index (χ0v) is 11.2. The van der Waals surface area contributed by atoms with Crippen LogP contribution in [0, 0.1) is 11.3 Å². The smallest absolute Gasteiger partial charge is 0.251 e. The lowest BCUT2D eigenvalue weighted by atomic mass is 10.1. The highest BCUT2D eigenvalue weighted by Crippen LogP contribution is 2.11. The number of benzene rings is 1. The number of thiophene rings is 1. The van der Waals surface area contributed by atoms with Crippen LogP contribution in [-0.2, 0) is 4.79 Å². The molecule has 0 saturated carbocycles. The van der Waals surface area contributed by atoms with Gasteiger partial charge in [-0.2, -0.15) is 16.6 Å². The minimum Gasteiger partial charge on any atom is -0.343 e. The molecule has 1 aromatic carbocycles. The molecule has 100 valence electrons. The molecule has 5 nitrogen and oxygen atoms in total. The van der Waals surface area contributed by atoms with Gasteiger partial charge < -0.3 is 10.6 Å². The van der Waals surface area contributed by atoms with Crippen molar-refractivity contribution in [1.82, 2.24) is 5.32 Å². The topological polar surface area (TPSA) is 82.0 Å². The summed E-state index contributed by atoms with van der Waals surface area (Å²) >= 11 is 1.48. The zero-order valence-electron chi connectivity index (χ0n) is 10.4. The first kappa shape index (κ1) is 13.8. The van der Waals surface area contributed by atoms with Crippen molar-refractivity contribution in [3.05, 3.63) is 52.2 Å². The number of hydrogen-bond acceptors (Lipinski definition) is 4. The first-order valence-electron chi connectivity index (χ1n) is 5.79. The maximum atomic E-state index is 11.8. The van der Waals surface area contributed by atoms with E-state index in [9.17, 15) is 9.59 Å². The number of carbonyl (C=O) groups excluding carboxylic acids is 2. The fraction of sp³-hybridized carbons (Fsp3) is 0.0714. The van der Waals surface area contributed by atoms with Crippen molar-refractivity contribution in [1.29, 1.82) is 5.26 Å². The molecule has 0 aliphatic heterocycles. The van der Waals surface area contributed by atoms with E-state index in [-0.39, 0.29) is 18.4 Å². The van der Waals surface area contributed by atoms with Gasteiger partial charge in [-0.3, -0.25) is 9.59 Å². The number of nitrogens with zero attached hydrogens (tertiary/aromatic N) is 1. The van der Waals surface area contributed by atoms with E-state index in [4.69, 9.17) is 5.26 Å². The molecule has 0 aliphatic carbocycles. The van der Waals surface area contributed by atoms with Crippen molar-refractivity contribution in [2.24, 2.45) is 0 Å². The Hall–Kier alpha value is -2.65. The number of hydrogen-bond donors (Lipinski definition) is 2. The molecule has 0 aliphatic rings. The van der Waals surface area contributed by atoms with E-state index in [1.807, 2.05) is 11.4 Å². The van der Waals surface area contributed by atoms with Crippen molar-refractivity contribution in [2.45, 2.75) is 0 Å². The first-order chi connectivity index (χ1) is 9.69. The Morgan fingerprint density at radius 2 is 1.95 bits per heavy atom. The van der Waals surface area contributed by atoms with Gasteiger partial charge in [0.15, 0.2) is 0 Å². The molecule has 2 aromatic rings. The zero-order chi connectivity index (χ0) is 14.4. The minimum absolute atomic E-state index is 0.102. The van der Waals surface area contributed by atoms with Gasteiger partial charge in [-0.1, -0.05) is 0 Å². The SMILES string of the molecule is N#Cc1ccc(C(=O)NCC(=O)Nc2ccsc2)cc1. The highest BCUT2D eigenvalue weighted by molar-refractivity contribution is 7.08. The summed E-state index contributed by atoms with van der Waals surface area (Å²) in [4.78, 5) is 23.4. The Morgan fingerprint density at radius 3 is 2.55 bits per heavy atom. The molecule has 0 fully saturated rings. The Kier molecular flexibility index (Phi) is 4.47. The third-order valence-corrected chi connectivity index (χ3v) is 3.17. The Bertz CT molecular complexity index is 642. The molecule has 2 amide bonds. The van der Waals surface area contributed by atoms with Crippen molar-refractivity contribution in [3.8, 4) is 6.07 Å². The summed E-state index contributed by atoms with van der Waals surface area (Å²) in [6.45, 7) is -0.102. The second-order valence-corrected chi connectivity index (χ2v) is 4.71. The van der Waals surface area contributed by atoms with Gasteiger partial charge in [0.05, 0.1) is 23.9 Å². The fourth-order valence-electron chi connectivity index (χ4n) is 1.50. The van der Waals surface area contributed by atoms with Crippen molar-refractivity contribution < 1.29 is 9.59 Å². The summed E-state index contributed by atoms with van der Waals surface area (Å²) in [5.74, 6) is -0.639. The van der Waals surface area contributed by atoms with E-state index in [2.05, 4.69) is 10.6 Å². The van der Waals surface area contributed by atoms with Gasteiger partial charge in [-0.25, -0.2) is 0 Å². The number of amides is 2. The average molecular weight is 285 g/mol. The predicted molar refractivity (Wildman–Crippen MR) is 76.4 cm³/mol. The van der Waals surface area contributed by atoms with Crippen LogP contribution in [-0.4, -0.2) is 18.4 Å². The van der Waals surface area contributed by atoms with Crippen LogP contribution in [0.15, 0.2) is 41.1 Å². The maximum Gasteiger partial charge on any atom is 0.251 e. The molecular weight excluding hydrogens is 274 g/mol. The maximum absolute atomic E-state index is 11.8. The van der Waals surface area contributed by atoms with Gasteiger partial charge in [0.1, 0.15) is 0 Å². The van der Waals surface area contributed by atoms with Crippen LogP contribution >= 0.6 is 11.3 Å². The normalized spacial score (nSPS) is 9.55. The van der Waals surface area contributed by atoms with Crippen LogP contribution in [0.2, 0.25) is 0 Å². The largest absolute Gasteiger partial charge is 0.343 e. The number of nitriles is 1. The van der Waals surface area contributed by atoms with Gasteiger partial charge in [0, 0.05) is 10.9 Å². The van der Waals surface area contributed by atoms with Crippen LogP contribution in [0.1, 0.15) is 15.9 Å². The lowest BCUT2D eigenvalue weighted by molar-refractivity contribution is -0.115. The Balaban J connectivity index is 1.85. The summed E-state index contributed by atoms with van der Waals surface area (Å²) in [7, 11) is 0. The van der Waals surface area contributed by atoms with Crippen molar-refractivity contribution >= 4 is 28.8 Å². The molecule has 20 heavy (non-hydrogen) atoms. The van der Waals surface area contributed by atoms with E-state index >= 15 is 0 Å². The highest BCUT2D eigenvalue weighted by Gasteiger charge is 2.08. The van der Waals surface area contributed by atoms with E-state index < -0.39 is 0 Å². The molecular formula is C14H11N3O2S. The number of carbonyl (C=O) groups is 2. The van der Waals surface area contributed by atoms with Gasteiger partial charge in [-0.15, -0.1) is 0 Å². The minimum atomic E-state index is -0.352. The number of rotatable bonds is 4. The van der Waals surface area contributed by atoms with Gasteiger partial charge >= 0.3 is 0 Å². The van der Waals surface area contributed by atoms with Crippen LogP contribution in [0.5, 0.6) is 0 Å². The molecule has 0 atom stereocenters. The molecule has 2 rings (SSSR count). The Labute approximate surface area is 119 Å². The molecule has 0 saturated heterocycles. The predicted octanol–water partition coefficient (Wildman–Crippen LogP) is 1.99. The fourth-order valence-corrected chi connectivity index (χ4v) is 2.09. The van der Waals surface area contributed by atoms with Crippen molar-refractivity contribution in [2.75, 3.05) is 11.9 Å². The van der Waals surface area contributed by atoms with E-state index in [0.29, 0.717) is 16.8 Å². The van der Waals surface area contributed by atoms with Crippen LogP contribution in [0.25, 0.3) is 0 Å². The number of nitrogens with one attached hydrogen (secondary N) is 2. The third kappa shape index (κ3) is 3.67. The molecule has 0 radical (unpaired) electrons. The third-order valence-electron chi connectivity index (χ3n) is 2.49. The second kappa shape index (κ2) is 6.50. The molecule has 1 aromatic heterocycles. The first-order valence-corrected chi connectivity index (χ1v) is 6.74. The average Bonchev–Trinajstić information content (AvgIpc) is 2.97. The quantitative estimate of drug-likeness (QED) is 0.901. The molecule has 0 bridgehead atoms. The highest BCUT2D eigenvalue weighted by atomic mass is 32.1. The van der Waals surface area contributed by atoms with Crippen LogP contribution in [0.4, 0.5) is 5.69 Å². The van der Waals surface area contributed by atoms with E-state index in [1.165, 1.54) is 11.3 Å². The second-order valence-electron chi connectivity index (χ2n) is 3.93. The summed E-state index contributed by atoms with van der Waals surface area (Å²) < 4.78 is 0. The molecule has 0 unspecified atom stereocenters. The summed E-state index contributed by atoms with van der Waals surface area (Å²) in [5, 5.41) is 17.5. The monoisotopic (exact) mass is 285 g/mol. The lowest BCUT2D eigenvalue weighted by Crippen LogP contribution is -2.32. The standard InChI is InChI=1S/C14H11N3O2S/c15-7-10-1-3-11(4-2-10)14(19)16-8-13(18)17-12-5-6-20-9-12/h1-6,9H,8H2,(H,16,19)(H,17,18). The lowest BCUT2D eigenvalue weighted by Gasteiger charge is -2.05. The van der Waals surface area contributed by atoms with E-state index in [0.717, 1.165) is 0 Å². The van der Waals surface area contributed by atoms with Gasteiger partial charge in [0.25, 0.3) is 5.91 Å².